The highest BCUT2D eigenvalue weighted by Crippen LogP contribution is 2.33. The van der Waals surface area contributed by atoms with Gasteiger partial charge in [0, 0.05) is 30.4 Å². The van der Waals surface area contributed by atoms with Crippen molar-refractivity contribution >= 4 is 16.7 Å². The lowest BCUT2D eigenvalue weighted by atomic mass is 9.93. The molecule has 0 aliphatic carbocycles. The molecule has 2 heterocycles. The molecule has 5 heteroatoms. The Hall–Kier alpha value is -2.40. The number of benzene rings is 2. The lowest BCUT2D eigenvalue weighted by Crippen LogP contribution is -2.45. The van der Waals surface area contributed by atoms with Gasteiger partial charge in [-0.1, -0.05) is 26.0 Å². The van der Waals surface area contributed by atoms with E-state index in [1.54, 1.807) is 6.07 Å². The van der Waals surface area contributed by atoms with Gasteiger partial charge in [0.25, 0.3) is 0 Å². The van der Waals surface area contributed by atoms with E-state index >= 15 is 0 Å². The first-order valence-corrected chi connectivity index (χ1v) is 10.2. The molecule has 4 nitrogen and oxygen atoms in total. The molecule has 150 valence electrons. The van der Waals surface area contributed by atoms with E-state index in [-0.39, 0.29) is 11.4 Å². The summed E-state index contributed by atoms with van der Waals surface area (Å²) in [5.74, 6) is 0.316. The van der Waals surface area contributed by atoms with E-state index < -0.39 is 0 Å². The highest BCUT2D eigenvalue weighted by atomic mass is 19.1. The number of aromatic amines is 1. The van der Waals surface area contributed by atoms with Crippen LogP contribution in [0, 0.1) is 5.82 Å². The number of nitrogens with zero attached hydrogens (tertiary/aromatic N) is 2. The first kappa shape index (κ1) is 20.3. The van der Waals surface area contributed by atoms with E-state index in [1.165, 1.54) is 0 Å². The normalized spacial score (nSPS) is 19.1. The van der Waals surface area contributed by atoms with Gasteiger partial charge >= 0.3 is 0 Å². The van der Waals surface area contributed by atoms with Crippen LogP contribution in [-0.4, -0.2) is 34.6 Å². The molecule has 2 N–H and O–H groups in total. The maximum absolute atomic E-state index is 14.6. The molecule has 1 fully saturated rings. The molecule has 4 rings (SSSR count). The molecular weight excluding hydrogens is 351 g/mol. The number of hydrogen-bond donors (Lipinski definition) is 2. The molecule has 1 aliphatic rings. The summed E-state index contributed by atoms with van der Waals surface area (Å²) in [6.07, 6.45) is 1.03. The Morgan fingerprint density at radius 2 is 1.89 bits per heavy atom. The third-order valence-electron chi connectivity index (χ3n) is 5.27. The molecule has 0 amide bonds. The highest BCUT2D eigenvalue weighted by molar-refractivity contribution is 5.80. The molecule has 0 bridgehead atoms. The molecule has 1 atom stereocenters. The summed E-state index contributed by atoms with van der Waals surface area (Å²) in [5.41, 5.74) is 3.30. The second-order valence-corrected chi connectivity index (χ2v) is 7.79. The van der Waals surface area contributed by atoms with Gasteiger partial charge in [-0.05, 0) is 57.5 Å². The number of fused-ring (bicyclic) bond motifs is 1. The van der Waals surface area contributed by atoms with Crippen molar-refractivity contribution in [2.45, 2.75) is 52.6 Å². The molecule has 1 aromatic heterocycles. The van der Waals surface area contributed by atoms with Gasteiger partial charge in [-0.25, -0.2) is 9.37 Å². The Morgan fingerprint density at radius 3 is 2.64 bits per heavy atom. The van der Waals surface area contributed by atoms with Crippen LogP contribution in [0.3, 0.4) is 0 Å². The van der Waals surface area contributed by atoms with Gasteiger partial charge in [0.2, 0.25) is 0 Å². The number of H-pyrrole nitrogens is 1. The Balaban J connectivity index is 0.00000109. The van der Waals surface area contributed by atoms with Crippen LogP contribution in [0.4, 0.5) is 10.1 Å². The van der Waals surface area contributed by atoms with Gasteiger partial charge in [-0.2, -0.15) is 0 Å². The van der Waals surface area contributed by atoms with Crippen molar-refractivity contribution in [2.24, 2.45) is 0 Å². The van der Waals surface area contributed by atoms with Crippen molar-refractivity contribution < 1.29 is 4.39 Å². The molecule has 1 saturated heterocycles. The van der Waals surface area contributed by atoms with Gasteiger partial charge < -0.3 is 15.2 Å². The molecule has 1 unspecified atom stereocenters. The van der Waals surface area contributed by atoms with Crippen molar-refractivity contribution in [1.82, 2.24) is 15.3 Å². The monoisotopic (exact) mass is 382 g/mol. The predicted octanol–water partition coefficient (Wildman–Crippen LogP) is 5.36. The third-order valence-corrected chi connectivity index (χ3v) is 5.27. The fraction of sp³-hybridized carbons (Fsp3) is 0.435. The third kappa shape index (κ3) is 4.04. The van der Waals surface area contributed by atoms with Crippen LogP contribution in [0.2, 0.25) is 0 Å². The van der Waals surface area contributed by atoms with Crippen LogP contribution >= 0.6 is 0 Å². The van der Waals surface area contributed by atoms with Crippen LogP contribution in [0.5, 0.6) is 0 Å². The van der Waals surface area contributed by atoms with E-state index in [9.17, 15) is 4.39 Å². The summed E-state index contributed by atoms with van der Waals surface area (Å²) in [6.45, 7) is 12.5. The maximum atomic E-state index is 14.6. The molecule has 1 aliphatic heterocycles. The van der Waals surface area contributed by atoms with E-state index in [1.807, 2.05) is 50.2 Å². The molecule has 3 aromatic rings. The van der Waals surface area contributed by atoms with Gasteiger partial charge in [0.05, 0.1) is 16.6 Å². The van der Waals surface area contributed by atoms with Gasteiger partial charge in [-0.3, -0.25) is 0 Å². The topological polar surface area (TPSA) is 44.0 Å². The van der Waals surface area contributed by atoms with Crippen molar-refractivity contribution in [3.63, 3.8) is 0 Å². The number of hydrogen-bond acceptors (Lipinski definition) is 3. The fourth-order valence-electron chi connectivity index (χ4n) is 4.08. The SMILES string of the molecule is CC.CC1CC(C)(C)N(c2ccc(F)c(-c3nc4ccccc4[nH]3)c2)CCN1. The molecule has 2 aromatic carbocycles. The lowest BCUT2D eigenvalue weighted by Gasteiger charge is -2.39. The Kier molecular flexibility index (Phi) is 6.04. The first-order valence-electron chi connectivity index (χ1n) is 10.2. The number of nitrogens with one attached hydrogen (secondary N) is 2. The summed E-state index contributed by atoms with van der Waals surface area (Å²) in [4.78, 5) is 10.2. The minimum atomic E-state index is -0.257. The number of anilines is 1. The largest absolute Gasteiger partial charge is 0.365 e. The number of halogens is 1. The van der Waals surface area contributed by atoms with Crippen molar-refractivity contribution in [3.8, 4) is 11.4 Å². The molecule has 0 radical (unpaired) electrons. The van der Waals surface area contributed by atoms with Crippen molar-refractivity contribution in [3.05, 3.63) is 48.3 Å². The summed E-state index contributed by atoms with van der Waals surface area (Å²) < 4.78 is 14.6. The van der Waals surface area contributed by atoms with Crippen LogP contribution in [0.15, 0.2) is 42.5 Å². The van der Waals surface area contributed by atoms with E-state index in [0.29, 0.717) is 17.4 Å². The fourth-order valence-corrected chi connectivity index (χ4v) is 4.08. The number of imidazole rings is 1. The second-order valence-electron chi connectivity index (χ2n) is 7.79. The lowest BCUT2D eigenvalue weighted by molar-refractivity contribution is 0.409. The smallest absolute Gasteiger partial charge is 0.141 e. The van der Waals surface area contributed by atoms with Crippen LogP contribution in [0.1, 0.15) is 41.0 Å². The van der Waals surface area contributed by atoms with E-state index in [4.69, 9.17) is 0 Å². The van der Waals surface area contributed by atoms with Crippen LogP contribution < -0.4 is 10.2 Å². The summed E-state index contributed by atoms with van der Waals surface area (Å²) in [5, 5.41) is 3.54. The Morgan fingerprint density at radius 1 is 1.14 bits per heavy atom. The molecule has 28 heavy (non-hydrogen) atoms. The standard InChI is InChI=1S/C21H25FN4.C2H6/c1-14-13-21(2,3)26(11-10-23-14)15-8-9-17(22)16(12-15)20-24-18-6-4-5-7-19(18)25-20;1-2/h4-9,12,14,23H,10-11,13H2,1-3H3,(H,24,25);1-2H3. The van der Waals surface area contributed by atoms with Gasteiger partial charge in [0.15, 0.2) is 0 Å². The number of aromatic nitrogens is 2. The second kappa shape index (κ2) is 8.31. The summed E-state index contributed by atoms with van der Waals surface area (Å²) in [6, 6.07) is 13.6. The van der Waals surface area contributed by atoms with Crippen molar-refractivity contribution in [2.75, 3.05) is 18.0 Å². The molecule has 0 spiro atoms. The van der Waals surface area contributed by atoms with E-state index in [0.717, 1.165) is 36.2 Å². The van der Waals surface area contributed by atoms with Crippen molar-refractivity contribution in [1.29, 1.82) is 0 Å². The zero-order chi connectivity index (χ0) is 20.3. The number of para-hydroxylation sites is 2. The quantitative estimate of drug-likeness (QED) is 0.627. The average Bonchev–Trinajstić information content (AvgIpc) is 3.05. The number of rotatable bonds is 2. The molecular formula is C23H31FN4. The summed E-state index contributed by atoms with van der Waals surface area (Å²) in [7, 11) is 0. The minimum absolute atomic E-state index is 0.00804. The van der Waals surface area contributed by atoms with Crippen LogP contribution in [-0.2, 0) is 0 Å². The predicted molar refractivity (Wildman–Crippen MR) is 116 cm³/mol. The Bertz CT molecular complexity index is 898. The molecule has 0 saturated carbocycles. The first-order chi connectivity index (χ1) is 13.4. The zero-order valence-corrected chi connectivity index (χ0v) is 17.5. The average molecular weight is 383 g/mol. The van der Waals surface area contributed by atoms with Gasteiger partial charge in [0.1, 0.15) is 11.6 Å². The van der Waals surface area contributed by atoms with Gasteiger partial charge in [-0.15, -0.1) is 0 Å². The maximum Gasteiger partial charge on any atom is 0.141 e. The minimum Gasteiger partial charge on any atom is -0.365 e. The Labute approximate surface area is 167 Å². The van der Waals surface area contributed by atoms with Crippen LogP contribution in [0.25, 0.3) is 22.4 Å². The zero-order valence-electron chi connectivity index (χ0n) is 17.5. The highest BCUT2D eigenvalue weighted by Gasteiger charge is 2.31. The van der Waals surface area contributed by atoms with E-state index in [2.05, 4.69) is 41.0 Å². The summed E-state index contributed by atoms with van der Waals surface area (Å²) >= 11 is 0.